The predicted octanol–water partition coefficient (Wildman–Crippen LogP) is 0.778. The molecule has 1 aromatic heterocycles. The molecule has 0 aliphatic carbocycles. The number of amides is 1. The van der Waals surface area contributed by atoms with Crippen molar-refractivity contribution in [1.29, 1.82) is 0 Å². The lowest BCUT2D eigenvalue weighted by atomic mass is 9.95. The van der Waals surface area contributed by atoms with Gasteiger partial charge in [0.05, 0.1) is 11.3 Å². The lowest BCUT2D eigenvalue weighted by molar-refractivity contribution is 0.0274. The Morgan fingerprint density at radius 2 is 2.29 bits per heavy atom. The number of carbonyl (C=O) groups is 1. The summed E-state index contributed by atoms with van der Waals surface area (Å²) in [4.78, 5) is 12.3. The van der Waals surface area contributed by atoms with Gasteiger partial charge in [-0.3, -0.25) is 9.48 Å². The van der Waals surface area contributed by atoms with Gasteiger partial charge in [-0.1, -0.05) is 13.8 Å². The van der Waals surface area contributed by atoms with E-state index < -0.39 is 5.60 Å². The molecular weight excluding hydrogens is 268 g/mol. The fraction of sp³-hybridized carbons (Fsp3) is 0.733. The minimum Gasteiger partial charge on any atom is -0.388 e. The molecule has 0 spiro atoms. The van der Waals surface area contributed by atoms with Crippen LogP contribution in [-0.4, -0.2) is 46.0 Å². The van der Waals surface area contributed by atoms with E-state index in [-0.39, 0.29) is 18.4 Å². The summed E-state index contributed by atoms with van der Waals surface area (Å²) in [6, 6.07) is 1.82. The highest BCUT2D eigenvalue weighted by Gasteiger charge is 2.29. The van der Waals surface area contributed by atoms with Crippen molar-refractivity contribution >= 4 is 5.91 Å². The first-order valence-electron chi connectivity index (χ1n) is 7.66. The molecule has 0 saturated carbocycles. The van der Waals surface area contributed by atoms with Gasteiger partial charge in [-0.05, 0) is 44.3 Å². The maximum atomic E-state index is 12.3. The van der Waals surface area contributed by atoms with Crippen LogP contribution in [0, 0.1) is 0 Å². The second-order valence-electron chi connectivity index (χ2n) is 6.24. The van der Waals surface area contributed by atoms with Gasteiger partial charge in [0.1, 0.15) is 5.69 Å². The molecule has 0 aromatic carbocycles. The molecule has 0 radical (unpaired) electrons. The monoisotopic (exact) mass is 294 g/mol. The van der Waals surface area contributed by atoms with Crippen molar-refractivity contribution in [3.63, 3.8) is 0 Å². The number of nitrogens with zero attached hydrogens (tertiary/aromatic N) is 2. The Morgan fingerprint density at radius 1 is 1.52 bits per heavy atom. The summed E-state index contributed by atoms with van der Waals surface area (Å²) >= 11 is 0. The van der Waals surface area contributed by atoms with Crippen LogP contribution in [0.15, 0.2) is 6.07 Å². The van der Waals surface area contributed by atoms with Crippen molar-refractivity contribution in [2.24, 2.45) is 7.05 Å². The smallest absolute Gasteiger partial charge is 0.269 e. The Labute approximate surface area is 125 Å². The predicted molar refractivity (Wildman–Crippen MR) is 81.3 cm³/mol. The molecule has 1 saturated heterocycles. The molecule has 3 N–H and O–H groups in total. The van der Waals surface area contributed by atoms with Gasteiger partial charge in [0, 0.05) is 13.6 Å². The average molecular weight is 294 g/mol. The molecular formula is C15H26N4O2. The van der Waals surface area contributed by atoms with Crippen LogP contribution in [0.4, 0.5) is 0 Å². The third-order valence-electron chi connectivity index (χ3n) is 4.06. The van der Waals surface area contributed by atoms with Crippen LogP contribution in [0.2, 0.25) is 0 Å². The van der Waals surface area contributed by atoms with E-state index in [1.807, 2.05) is 19.9 Å². The van der Waals surface area contributed by atoms with Gasteiger partial charge in [-0.15, -0.1) is 0 Å². The minimum absolute atomic E-state index is 0.178. The topological polar surface area (TPSA) is 79.2 Å². The molecule has 21 heavy (non-hydrogen) atoms. The van der Waals surface area contributed by atoms with Crippen LogP contribution >= 0.6 is 0 Å². The van der Waals surface area contributed by atoms with Crippen molar-refractivity contribution < 1.29 is 9.90 Å². The lowest BCUT2D eigenvalue weighted by Crippen LogP contribution is -2.43. The molecule has 1 aliphatic heterocycles. The Hall–Kier alpha value is -1.40. The number of hydrogen-bond acceptors (Lipinski definition) is 4. The van der Waals surface area contributed by atoms with E-state index in [4.69, 9.17) is 0 Å². The van der Waals surface area contributed by atoms with E-state index in [1.165, 1.54) is 0 Å². The number of hydrogen-bond donors (Lipinski definition) is 3. The van der Waals surface area contributed by atoms with Crippen LogP contribution < -0.4 is 10.6 Å². The summed E-state index contributed by atoms with van der Waals surface area (Å²) in [5, 5.41) is 21.0. The molecule has 6 heteroatoms. The third-order valence-corrected chi connectivity index (χ3v) is 4.06. The van der Waals surface area contributed by atoms with Gasteiger partial charge in [0.15, 0.2) is 0 Å². The van der Waals surface area contributed by atoms with Crippen LogP contribution in [0.25, 0.3) is 0 Å². The summed E-state index contributed by atoms with van der Waals surface area (Å²) < 4.78 is 1.60. The zero-order valence-electron chi connectivity index (χ0n) is 13.1. The molecule has 1 aliphatic rings. The molecule has 1 amide bonds. The van der Waals surface area contributed by atoms with Crippen LogP contribution in [0.1, 0.15) is 55.2 Å². The molecule has 0 bridgehead atoms. The second-order valence-corrected chi connectivity index (χ2v) is 6.24. The Bertz CT molecular complexity index is 488. The fourth-order valence-electron chi connectivity index (χ4n) is 2.61. The zero-order chi connectivity index (χ0) is 15.5. The summed E-state index contributed by atoms with van der Waals surface area (Å²) in [6.07, 6.45) is 2.30. The van der Waals surface area contributed by atoms with Gasteiger partial charge in [-0.25, -0.2) is 0 Å². The molecule has 1 atom stereocenters. The average Bonchev–Trinajstić information content (AvgIpc) is 2.69. The van der Waals surface area contributed by atoms with Crippen molar-refractivity contribution in [3.8, 4) is 0 Å². The van der Waals surface area contributed by atoms with Crippen LogP contribution in [0.5, 0.6) is 0 Å². The van der Waals surface area contributed by atoms with Crippen molar-refractivity contribution in [3.05, 3.63) is 17.5 Å². The first-order valence-corrected chi connectivity index (χ1v) is 7.66. The number of aryl methyl sites for hydroxylation is 1. The van der Waals surface area contributed by atoms with Crippen molar-refractivity contribution in [2.45, 2.75) is 44.6 Å². The Kier molecular flexibility index (Phi) is 5.00. The van der Waals surface area contributed by atoms with Gasteiger partial charge < -0.3 is 15.7 Å². The van der Waals surface area contributed by atoms with Crippen LogP contribution in [0.3, 0.4) is 0 Å². The molecule has 2 heterocycles. The third kappa shape index (κ3) is 4.04. The Morgan fingerprint density at radius 3 is 2.95 bits per heavy atom. The quantitative estimate of drug-likeness (QED) is 0.766. The van der Waals surface area contributed by atoms with E-state index in [0.29, 0.717) is 18.5 Å². The van der Waals surface area contributed by atoms with Crippen molar-refractivity contribution in [2.75, 3.05) is 19.6 Å². The summed E-state index contributed by atoms with van der Waals surface area (Å²) in [5.41, 5.74) is 0.632. The normalized spacial score (nSPS) is 23.1. The van der Waals surface area contributed by atoms with Gasteiger partial charge in [-0.2, -0.15) is 5.10 Å². The van der Waals surface area contributed by atoms with E-state index in [0.717, 1.165) is 25.2 Å². The number of carbonyl (C=O) groups excluding carboxylic acids is 1. The van der Waals surface area contributed by atoms with E-state index in [2.05, 4.69) is 15.7 Å². The summed E-state index contributed by atoms with van der Waals surface area (Å²) in [7, 11) is 1.77. The standard InChI is InChI=1S/C15H26N4O2/c1-11(2)12-9-13(19(3)18-12)14(20)17-10-15(21)5-4-7-16-8-6-15/h9,11,16,21H,4-8,10H2,1-3H3,(H,17,20)/t15-/m1/s1. The van der Waals surface area contributed by atoms with Crippen LogP contribution in [-0.2, 0) is 7.05 Å². The highest BCUT2D eigenvalue weighted by molar-refractivity contribution is 5.92. The molecule has 1 aromatic rings. The zero-order valence-corrected chi connectivity index (χ0v) is 13.1. The van der Waals surface area contributed by atoms with Crippen molar-refractivity contribution in [1.82, 2.24) is 20.4 Å². The molecule has 118 valence electrons. The van der Waals surface area contributed by atoms with E-state index >= 15 is 0 Å². The maximum Gasteiger partial charge on any atom is 0.269 e. The van der Waals surface area contributed by atoms with Gasteiger partial charge in [0.25, 0.3) is 5.91 Å². The molecule has 2 rings (SSSR count). The largest absolute Gasteiger partial charge is 0.388 e. The lowest BCUT2D eigenvalue weighted by Gasteiger charge is -2.26. The Balaban J connectivity index is 1.98. The number of aromatic nitrogens is 2. The van der Waals surface area contributed by atoms with Gasteiger partial charge >= 0.3 is 0 Å². The second kappa shape index (κ2) is 6.58. The van der Waals surface area contributed by atoms with E-state index in [1.54, 1.807) is 11.7 Å². The summed E-state index contributed by atoms with van der Waals surface area (Å²) in [5.74, 6) is 0.109. The fourth-order valence-corrected chi connectivity index (χ4v) is 2.61. The van der Waals surface area contributed by atoms with E-state index in [9.17, 15) is 9.90 Å². The summed E-state index contributed by atoms with van der Waals surface area (Å²) in [6.45, 7) is 6.09. The molecule has 0 unspecified atom stereocenters. The number of nitrogens with one attached hydrogen (secondary N) is 2. The molecule has 6 nitrogen and oxygen atoms in total. The molecule has 1 fully saturated rings. The highest BCUT2D eigenvalue weighted by Crippen LogP contribution is 2.19. The first kappa shape index (κ1) is 16.0. The van der Waals surface area contributed by atoms with Gasteiger partial charge in [0.2, 0.25) is 0 Å². The maximum absolute atomic E-state index is 12.3. The minimum atomic E-state index is -0.807. The number of rotatable bonds is 4. The number of aliphatic hydroxyl groups is 1. The highest BCUT2D eigenvalue weighted by atomic mass is 16.3. The SMILES string of the molecule is CC(C)c1cc(C(=O)NC[C@@]2(O)CCCNCC2)n(C)n1. The first-order chi connectivity index (χ1) is 9.91.